The van der Waals surface area contributed by atoms with Crippen LogP contribution in [0.4, 0.5) is 13.2 Å². The number of hydrogen-bond donors (Lipinski definition) is 1. The van der Waals surface area contributed by atoms with E-state index in [9.17, 15) is 18.0 Å². The summed E-state index contributed by atoms with van der Waals surface area (Å²) in [6, 6.07) is 13.9. The molecule has 0 fully saturated rings. The van der Waals surface area contributed by atoms with Gasteiger partial charge in [-0.25, -0.2) is 4.79 Å². The van der Waals surface area contributed by atoms with Crippen LogP contribution in [0.25, 0.3) is 5.69 Å². The zero-order valence-electron chi connectivity index (χ0n) is 13.9. The lowest BCUT2D eigenvalue weighted by Gasteiger charge is -2.13. The summed E-state index contributed by atoms with van der Waals surface area (Å²) in [4.78, 5) is 13.3. The van der Waals surface area contributed by atoms with Crippen LogP contribution in [0.15, 0.2) is 59.4 Å². The predicted molar refractivity (Wildman–Crippen MR) is 87.7 cm³/mol. The maximum atomic E-state index is 12.6. The Morgan fingerprint density at radius 2 is 1.65 bits per heavy atom. The van der Waals surface area contributed by atoms with Gasteiger partial charge in [0.25, 0.3) is 0 Å². The number of nitrogens with one attached hydrogen (secondary N) is 1. The van der Waals surface area contributed by atoms with Crippen LogP contribution in [-0.2, 0) is 19.4 Å². The van der Waals surface area contributed by atoms with Crippen molar-refractivity contribution in [3.8, 4) is 5.69 Å². The molecule has 6 nitrogen and oxygen atoms in total. The fourth-order valence-electron chi connectivity index (χ4n) is 2.58. The van der Waals surface area contributed by atoms with Crippen molar-refractivity contribution in [3.05, 3.63) is 76.2 Å². The molecule has 0 saturated carbocycles. The Balaban J connectivity index is 1.68. The van der Waals surface area contributed by atoms with Gasteiger partial charge in [-0.1, -0.05) is 30.3 Å². The minimum atomic E-state index is -4.35. The van der Waals surface area contributed by atoms with Crippen molar-refractivity contribution < 1.29 is 18.1 Å². The van der Waals surface area contributed by atoms with Crippen LogP contribution in [0.1, 0.15) is 11.1 Å². The molecule has 3 aromatic rings. The molecule has 0 spiro atoms. The minimum Gasteiger partial charge on any atom is -0.315 e. The molecule has 1 heterocycles. The van der Waals surface area contributed by atoms with Gasteiger partial charge >= 0.3 is 11.9 Å². The number of alkyl halides is 3. The molecule has 0 amide bonds. The van der Waals surface area contributed by atoms with Crippen LogP contribution in [0.2, 0.25) is 0 Å². The zero-order chi connectivity index (χ0) is 18.7. The largest absolute Gasteiger partial charge is 0.416 e. The Kier molecular flexibility index (Phi) is 4.90. The van der Waals surface area contributed by atoms with E-state index in [2.05, 4.69) is 10.4 Å². The average Bonchev–Trinajstić information content (AvgIpc) is 2.96. The van der Waals surface area contributed by atoms with Gasteiger partial charge in [-0.2, -0.15) is 17.9 Å². The molecule has 1 aromatic heterocycles. The number of nitrogens with zero attached hydrogens (tertiary/aromatic N) is 4. The smallest absolute Gasteiger partial charge is 0.315 e. The van der Waals surface area contributed by atoms with E-state index in [0.717, 1.165) is 22.6 Å². The van der Waals surface area contributed by atoms with Gasteiger partial charge in [0.1, 0.15) is 6.54 Å². The maximum Gasteiger partial charge on any atom is 0.416 e. The first kappa shape index (κ1) is 17.9. The van der Waals surface area contributed by atoms with E-state index in [0.29, 0.717) is 12.2 Å². The van der Waals surface area contributed by atoms with Gasteiger partial charge in [0.2, 0.25) is 0 Å². The molecule has 136 valence electrons. The lowest BCUT2D eigenvalue weighted by atomic mass is 10.1. The standard InChI is InChI=1S/C17H16F3N5O/c1-23(11-13-7-9-14(10-8-13)17(18,19)20)12-24-16(26)25(22-21-24)15-5-3-2-4-6-15/h2-10H,11-12H2,1H3/p+1. The van der Waals surface area contributed by atoms with Crippen molar-refractivity contribution in [2.75, 3.05) is 7.05 Å². The summed E-state index contributed by atoms with van der Waals surface area (Å²) in [6.07, 6.45) is -4.35. The number of hydrogen-bond acceptors (Lipinski definition) is 3. The zero-order valence-corrected chi connectivity index (χ0v) is 13.9. The van der Waals surface area contributed by atoms with Gasteiger partial charge in [-0.3, -0.25) is 0 Å². The van der Waals surface area contributed by atoms with Crippen molar-refractivity contribution in [1.82, 2.24) is 19.8 Å². The van der Waals surface area contributed by atoms with E-state index in [1.165, 1.54) is 21.5 Å². The lowest BCUT2D eigenvalue weighted by Crippen LogP contribution is -3.07. The summed E-state index contributed by atoms with van der Waals surface area (Å²) >= 11 is 0. The molecule has 2 aromatic carbocycles. The number of tetrazole rings is 1. The Hall–Kier alpha value is -2.94. The molecule has 0 aliphatic carbocycles. The summed E-state index contributed by atoms with van der Waals surface area (Å²) < 4.78 is 40.2. The summed E-state index contributed by atoms with van der Waals surface area (Å²) in [6.45, 7) is 0.690. The summed E-state index contributed by atoms with van der Waals surface area (Å²) in [5.74, 6) is 0. The molecule has 0 radical (unpaired) electrons. The molecular weight excluding hydrogens is 347 g/mol. The third-order valence-electron chi connectivity index (χ3n) is 3.85. The maximum absolute atomic E-state index is 12.6. The van der Waals surface area contributed by atoms with Gasteiger partial charge in [-0.05, 0) is 34.7 Å². The van der Waals surface area contributed by atoms with Gasteiger partial charge in [0.05, 0.1) is 18.3 Å². The molecule has 1 atom stereocenters. The predicted octanol–water partition coefficient (Wildman–Crippen LogP) is 1.12. The van der Waals surface area contributed by atoms with Gasteiger partial charge in [0, 0.05) is 5.56 Å². The van der Waals surface area contributed by atoms with Crippen molar-refractivity contribution in [1.29, 1.82) is 0 Å². The summed E-state index contributed by atoms with van der Waals surface area (Å²) in [5.41, 5.74) is 0.298. The van der Waals surface area contributed by atoms with Gasteiger partial charge in [-0.15, -0.1) is 4.68 Å². The Labute approximate surface area is 147 Å². The molecule has 1 N–H and O–H groups in total. The second-order valence-electron chi connectivity index (χ2n) is 6.00. The molecule has 3 rings (SSSR count). The minimum absolute atomic E-state index is 0.243. The Morgan fingerprint density at radius 1 is 1.00 bits per heavy atom. The fraction of sp³-hybridized carbons (Fsp3) is 0.235. The number of quaternary nitrogens is 1. The second kappa shape index (κ2) is 7.12. The molecule has 1 unspecified atom stereocenters. The number of benzene rings is 2. The fourth-order valence-corrected chi connectivity index (χ4v) is 2.58. The third kappa shape index (κ3) is 3.99. The van der Waals surface area contributed by atoms with Crippen molar-refractivity contribution in [2.45, 2.75) is 19.4 Å². The normalized spacial score (nSPS) is 12.9. The molecule has 0 aliphatic heterocycles. The molecule has 26 heavy (non-hydrogen) atoms. The van der Waals surface area contributed by atoms with E-state index in [4.69, 9.17) is 0 Å². The highest BCUT2D eigenvalue weighted by Crippen LogP contribution is 2.28. The van der Waals surface area contributed by atoms with Crippen molar-refractivity contribution in [2.24, 2.45) is 0 Å². The van der Waals surface area contributed by atoms with Crippen LogP contribution >= 0.6 is 0 Å². The highest BCUT2D eigenvalue weighted by Gasteiger charge is 2.30. The van der Waals surface area contributed by atoms with Crippen LogP contribution in [0, 0.1) is 0 Å². The van der Waals surface area contributed by atoms with Crippen LogP contribution in [-0.4, -0.2) is 26.8 Å². The first-order valence-corrected chi connectivity index (χ1v) is 7.90. The molecular formula is C17H17F3N5O+. The van der Waals surface area contributed by atoms with Gasteiger partial charge in [0.15, 0.2) is 6.67 Å². The van der Waals surface area contributed by atoms with Crippen LogP contribution < -0.4 is 10.6 Å². The molecule has 0 bridgehead atoms. The van der Waals surface area contributed by atoms with E-state index >= 15 is 0 Å². The van der Waals surface area contributed by atoms with Crippen molar-refractivity contribution >= 4 is 0 Å². The number of aromatic nitrogens is 4. The molecule has 0 saturated heterocycles. The Bertz CT molecular complexity index is 916. The highest BCUT2D eigenvalue weighted by molar-refractivity contribution is 5.28. The van der Waals surface area contributed by atoms with Crippen molar-refractivity contribution in [3.63, 3.8) is 0 Å². The van der Waals surface area contributed by atoms with E-state index in [1.807, 2.05) is 13.1 Å². The summed E-state index contributed by atoms with van der Waals surface area (Å²) in [5, 5.41) is 7.73. The summed E-state index contributed by atoms with van der Waals surface area (Å²) in [7, 11) is 1.83. The van der Waals surface area contributed by atoms with Crippen LogP contribution in [0.5, 0.6) is 0 Å². The lowest BCUT2D eigenvalue weighted by molar-refractivity contribution is -0.917. The topological polar surface area (TPSA) is 57.2 Å². The monoisotopic (exact) mass is 364 g/mol. The van der Waals surface area contributed by atoms with E-state index in [-0.39, 0.29) is 12.4 Å². The van der Waals surface area contributed by atoms with Gasteiger partial charge < -0.3 is 4.90 Å². The molecule has 0 aliphatic rings. The number of para-hydroxylation sites is 1. The quantitative estimate of drug-likeness (QED) is 0.738. The molecule has 9 heteroatoms. The van der Waals surface area contributed by atoms with E-state index in [1.54, 1.807) is 24.3 Å². The Morgan fingerprint density at radius 3 is 2.27 bits per heavy atom. The SMILES string of the molecule is C[NH+](Cc1ccc(C(F)(F)F)cc1)Cn1nnn(-c2ccccc2)c1=O. The number of halogens is 3. The second-order valence-corrected chi connectivity index (χ2v) is 6.00. The van der Waals surface area contributed by atoms with Crippen LogP contribution in [0.3, 0.4) is 0 Å². The first-order chi connectivity index (χ1) is 12.3. The first-order valence-electron chi connectivity index (χ1n) is 7.90. The average molecular weight is 364 g/mol. The van der Waals surface area contributed by atoms with E-state index < -0.39 is 11.7 Å². The highest BCUT2D eigenvalue weighted by atomic mass is 19.4. The third-order valence-corrected chi connectivity index (χ3v) is 3.85. The number of rotatable bonds is 5.